The van der Waals surface area contributed by atoms with E-state index >= 15 is 0 Å². The Hall–Kier alpha value is -1.76. The number of carbonyl (C=O) groups is 2. The first kappa shape index (κ1) is 13.7. The number of amides is 1. The number of hydrogen-bond donors (Lipinski definition) is 1. The molecule has 1 N–H and O–H groups in total. The number of carboxylic acid groups (broad SMARTS) is 1. The molecule has 0 atom stereocenters. The van der Waals surface area contributed by atoms with Crippen molar-refractivity contribution in [3.05, 3.63) is 29.1 Å². The fourth-order valence-electron chi connectivity index (χ4n) is 1.91. The monoisotopic (exact) mass is 282 g/mol. The molecule has 19 heavy (non-hydrogen) atoms. The first-order chi connectivity index (χ1) is 8.99. The van der Waals surface area contributed by atoms with Crippen molar-refractivity contribution in [3.8, 4) is 0 Å². The normalized spacial score (nSPS) is 16.4. The highest BCUT2D eigenvalue weighted by Crippen LogP contribution is 2.11. The molecule has 0 radical (unpaired) electrons. The number of aromatic nitrogens is 1. The van der Waals surface area contributed by atoms with Gasteiger partial charge in [-0.1, -0.05) is 0 Å². The number of pyridine rings is 1. The average Bonchev–Trinajstić information content (AvgIpc) is 2.38. The van der Waals surface area contributed by atoms with E-state index in [1.54, 1.807) is 11.8 Å². The molecule has 0 aliphatic carbocycles. The number of aromatic carboxylic acids is 1. The van der Waals surface area contributed by atoms with Crippen molar-refractivity contribution in [2.24, 2.45) is 0 Å². The minimum atomic E-state index is -1.06. The number of carbonyl (C=O) groups excluding carboxylic acids is 1. The third-order valence-corrected chi connectivity index (χ3v) is 4.28. The van der Waals surface area contributed by atoms with Crippen LogP contribution in [0.5, 0.6) is 0 Å². The highest BCUT2D eigenvalue weighted by atomic mass is 32.2. The van der Waals surface area contributed by atoms with Gasteiger partial charge in [-0.3, -0.25) is 9.00 Å². The van der Waals surface area contributed by atoms with E-state index in [9.17, 15) is 13.8 Å². The summed E-state index contributed by atoms with van der Waals surface area (Å²) in [6.07, 6.45) is 0. The van der Waals surface area contributed by atoms with E-state index in [1.165, 1.54) is 12.1 Å². The Bertz CT molecular complexity index is 549. The standard InChI is InChI=1S/C12H14N2O4S/c1-8-9(12(16)17)2-3-10(13-8)11(15)14-4-6-19(18)7-5-14/h2-3H,4-7H2,1H3,(H,16,17). The molecule has 102 valence electrons. The van der Waals surface area contributed by atoms with Crippen molar-refractivity contribution >= 4 is 22.7 Å². The van der Waals surface area contributed by atoms with E-state index in [-0.39, 0.29) is 17.2 Å². The summed E-state index contributed by atoms with van der Waals surface area (Å²) in [6.45, 7) is 2.46. The lowest BCUT2D eigenvalue weighted by atomic mass is 10.2. The van der Waals surface area contributed by atoms with Gasteiger partial charge in [-0.15, -0.1) is 0 Å². The molecule has 1 amide bonds. The van der Waals surface area contributed by atoms with Gasteiger partial charge in [0, 0.05) is 35.4 Å². The molecular formula is C12H14N2O4S. The first-order valence-electron chi connectivity index (χ1n) is 5.84. The van der Waals surface area contributed by atoms with Crippen LogP contribution in [0.25, 0.3) is 0 Å². The Morgan fingerprint density at radius 1 is 1.32 bits per heavy atom. The van der Waals surface area contributed by atoms with Gasteiger partial charge in [-0.05, 0) is 19.1 Å². The third kappa shape index (κ3) is 2.98. The summed E-state index contributed by atoms with van der Waals surface area (Å²) in [5, 5.41) is 8.90. The van der Waals surface area contributed by atoms with Crippen LogP contribution in [-0.2, 0) is 10.8 Å². The van der Waals surface area contributed by atoms with Crippen molar-refractivity contribution in [3.63, 3.8) is 0 Å². The molecule has 2 heterocycles. The number of carboxylic acids is 1. The minimum absolute atomic E-state index is 0.0938. The second-order valence-corrected chi connectivity index (χ2v) is 5.97. The van der Waals surface area contributed by atoms with E-state index in [1.807, 2.05) is 0 Å². The molecule has 0 unspecified atom stereocenters. The van der Waals surface area contributed by atoms with Crippen LogP contribution in [-0.4, -0.2) is 55.7 Å². The van der Waals surface area contributed by atoms with E-state index in [2.05, 4.69) is 4.98 Å². The molecule has 1 saturated heterocycles. The second-order valence-electron chi connectivity index (χ2n) is 4.27. The Kier molecular flexibility index (Phi) is 3.94. The van der Waals surface area contributed by atoms with Crippen molar-refractivity contribution in [1.82, 2.24) is 9.88 Å². The van der Waals surface area contributed by atoms with Gasteiger partial charge >= 0.3 is 5.97 Å². The molecule has 7 heteroatoms. The highest BCUT2D eigenvalue weighted by molar-refractivity contribution is 7.85. The summed E-state index contributed by atoms with van der Waals surface area (Å²) >= 11 is 0. The summed E-state index contributed by atoms with van der Waals surface area (Å²) in [6, 6.07) is 2.81. The van der Waals surface area contributed by atoms with Crippen LogP contribution < -0.4 is 0 Å². The molecule has 1 fully saturated rings. The molecule has 0 spiro atoms. The van der Waals surface area contributed by atoms with Gasteiger partial charge in [0.25, 0.3) is 5.91 Å². The van der Waals surface area contributed by atoms with Crippen molar-refractivity contribution in [2.75, 3.05) is 24.6 Å². The van der Waals surface area contributed by atoms with Crippen molar-refractivity contribution < 1.29 is 18.9 Å². The number of aryl methyl sites for hydroxylation is 1. The molecule has 2 rings (SSSR count). The zero-order valence-electron chi connectivity index (χ0n) is 10.5. The Balaban J connectivity index is 2.18. The summed E-state index contributed by atoms with van der Waals surface area (Å²) < 4.78 is 11.2. The van der Waals surface area contributed by atoms with Gasteiger partial charge in [0.2, 0.25) is 0 Å². The van der Waals surface area contributed by atoms with Gasteiger partial charge in [0.05, 0.1) is 11.3 Å². The largest absolute Gasteiger partial charge is 0.478 e. The Morgan fingerprint density at radius 3 is 2.47 bits per heavy atom. The maximum absolute atomic E-state index is 12.2. The van der Waals surface area contributed by atoms with Crippen molar-refractivity contribution in [1.29, 1.82) is 0 Å². The minimum Gasteiger partial charge on any atom is -0.478 e. The second kappa shape index (κ2) is 5.48. The number of nitrogens with zero attached hydrogens (tertiary/aromatic N) is 2. The molecule has 0 aromatic carbocycles. The Morgan fingerprint density at radius 2 is 1.95 bits per heavy atom. The van der Waals surface area contributed by atoms with E-state index in [0.29, 0.717) is 30.3 Å². The van der Waals surface area contributed by atoms with Crippen LogP contribution in [0.3, 0.4) is 0 Å². The predicted molar refractivity (Wildman–Crippen MR) is 69.7 cm³/mol. The van der Waals surface area contributed by atoms with Gasteiger partial charge in [-0.25, -0.2) is 9.78 Å². The maximum Gasteiger partial charge on any atom is 0.337 e. The molecule has 1 aliphatic rings. The molecule has 0 saturated carbocycles. The third-order valence-electron chi connectivity index (χ3n) is 3.00. The van der Waals surface area contributed by atoms with Gasteiger partial charge in [0.15, 0.2) is 0 Å². The van der Waals surface area contributed by atoms with E-state index in [4.69, 9.17) is 5.11 Å². The predicted octanol–water partition coefficient (Wildman–Crippen LogP) is 0.293. The van der Waals surface area contributed by atoms with E-state index in [0.717, 1.165) is 0 Å². The van der Waals surface area contributed by atoms with Crippen molar-refractivity contribution in [2.45, 2.75) is 6.92 Å². The van der Waals surface area contributed by atoms with Gasteiger partial charge < -0.3 is 10.0 Å². The van der Waals surface area contributed by atoms with Crippen LogP contribution in [0.1, 0.15) is 26.5 Å². The molecular weight excluding hydrogens is 268 g/mol. The van der Waals surface area contributed by atoms with E-state index < -0.39 is 16.8 Å². The molecule has 6 nitrogen and oxygen atoms in total. The number of rotatable bonds is 2. The highest BCUT2D eigenvalue weighted by Gasteiger charge is 2.23. The topological polar surface area (TPSA) is 87.6 Å². The smallest absolute Gasteiger partial charge is 0.337 e. The lowest BCUT2D eigenvalue weighted by molar-refractivity contribution is 0.0692. The average molecular weight is 282 g/mol. The summed E-state index contributed by atoms with van der Waals surface area (Å²) in [4.78, 5) is 28.7. The molecule has 1 aromatic rings. The summed E-state index contributed by atoms with van der Waals surface area (Å²) in [5.74, 6) is -0.329. The van der Waals surface area contributed by atoms with Crippen LogP contribution in [0.15, 0.2) is 12.1 Å². The lowest BCUT2D eigenvalue weighted by Gasteiger charge is -2.26. The van der Waals surface area contributed by atoms with Gasteiger partial charge in [-0.2, -0.15) is 0 Å². The SMILES string of the molecule is Cc1nc(C(=O)N2CCS(=O)CC2)ccc1C(=O)O. The summed E-state index contributed by atoms with van der Waals surface area (Å²) in [7, 11) is -0.840. The molecule has 0 bridgehead atoms. The fourth-order valence-corrected chi connectivity index (χ4v) is 2.96. The zero-order chi connectivity index (χ0) is 14.0. The first-order valence-corrected chi connectivity index (χ1v) is 7.33. The zero-order valence-corrected chi connectivity index (χ0v) is 11.3. The van der Waals surface area contributed by atoms with Crippen LogP contribution >= 0.6 is 0 Å². The van der Waals surface area contributed by atoms with Gasteiger partial charge in [0.1, 0.15) is 5.69 Å². The quantitative estimate of drug-likeness (QED) is 0.842. The van der Waals surface area contributed by atoms with Crippen LogP contribution in [0.4, 0.5) is 0 Å². The molecule has 1 aromatic heterocycles. The fraction of sp³-hybridized carbons (Fsp3) is 0.417. The maximum atomic E-state index is 12.2. The number of hydrogen-bond acceptors (Lipinski definition) is 4. The lowest BCUT2D eigenvalue weighted by Crippen LogP contribution is -2.42. The van der Waals surface area contributed by atoms with Crippen LogP contribution in [0, 0.1) is 6.92 Å². The Labute approximate surface area is 112 Å². The molecule has 1 aliphatic heterocycles. The summed E-state index contributed by atoms with van der Waals surface area (Å²) in [5.41, 5.74) is 0.644. The van der Waals surface area contributed by atoms with Crippen LogP contribution in [0.2, 0.25) is 0 Å².